The normalized spacial score (nSPS) is 10.1. The van der Waals surface area contributed by atoms with Gasteiger partial charge in [-0.25, -0.2) is 0 Å². The van der Waals surface area contributed by atoms with Gasteiger partial charge in [-0.2, -0.15) is 0 Å². The van der Waals surface area contributed by atoms with Crippen molar-refractivity contribution in [2.24, 2.45) is 5.92 Å². The predicted molar refractivity (Wildman–Crippen MR) is 58.2 cm³/mol. The van der Waals surface area contributed by atoms with Gasteiger partial charge in [-0.1, -0.05) is 13.8 Å². The standard InChI is InChI=1S/C11H18O6/c1-8(2)11(15)17-7-6-16-10(14)5-3-4-9(12)13/h8H,3-7H2,1-2H3,(H,12,13). The Morgan fingerprint density at radius 1 is 1.06 bits per heavy atom. The van der Waals surface area contributed by atoms with Gasteiger partial charge in [0.05, 0.1) is 5.92 Å². The van der Waals surface area contributed by atoms with Gasteiger partial charge in [-0.3, -0.25) is 14.4 Å². The maximum Gasteiger partial charge on any atom is 0.308 e. The molecule has 0 aliphatic heterocycles. The van der Waals surface area contributed by atoms with E-state index < -0.39 is 11.9 Å². The number of rotatable bonds is 8. The highest BCUT2D eigenvalue weighted by Crippen LogP contribution is 1.99. The van der Waals surface area contributed by atoms with Gasteiger partial charge in [0.15, 0.2) is 0 Å². The molecule has 0 saturated carbocycles. The SMILES string of the molecule is CC(C)C(=O)OCCOC(=O)CCCC(=O)O. The zero-order valence-electron chi connectivity index (χ0n) is 10.1. The van der Waals surface area contributed by atoms with E-state index in [2.05, 4.69) is 0 Å². The fraction of sp³-hybridized carbons (Fsp3) is 0.727. The first-order valence-corrected chi connectivity index (χ1v) is 5.47. The van der Waals surface area contributed by atoms with Crippen molar-refractivity contribution in [1.29, 1.82) is 0 Å². The van der Waals surface area contributed by atoms with Gasteiger partial charge in [0.2, 0.25) is 0 Å². The molecule has 0 saturated heterocycles. The number of hydrogen-bond acceptors (Lipinski definition) is 5. The lowest BCUT2D eigenvalue weighted by Crippen LogP contribution is -2.17. The molecule has 0 aromatic rings. The van der Waals surface area contributed by atoms with E-state index in [9.17, 15) is 14.4 Å². The molecule has 0 amide bonds. The Hall–Kier alpha value is -1.59. The number of carboxylic acids is 1. The number of carbonyl (C=O) groups excluding carboxylic acids is 2. The van der Waals surface area contributed by atoms with Gasteiger partial charge < -0.3 is 14.6 Å². The highest BCUT2D eigenvalue weighted by Gasteiger charge is 2.09. The minimum absolute atomic E-state index is 0.00433. The van der Waals surface area contributed by atoms with E-state index in [0.717, 1.165) is 0 Å². The molecule has 0 atom stereocenters. The maximum absolute atomic E-state index is 11.0. The third kappa shape index (κ3) is 9.35. The van der Waals surface area contributed by atoms with Gasteiger partial charge in [-0.05, 0) is 6.42 Å². The number of ether oxygens (including phenoxy) is 2. The van der Waals surface area contributed by atoms with Crippen molar-refractivity contribution in [3.8, 4) is 0 Å². The number of aliphatic carboxylic acids is 1. The molecule has 0 heterocycles. The molecule has 1 N–H and O–H groups in total. The van der Waals surface area contributed by atoms with Crippen LogP contribution in [0.1, 0.15) is 33.1 Å². The molecule has 0 rings (SSSR count). The van der Waals surface area contributed by atoms with Crippen molar-refractivity contribution in [2.45, 2.75) is 33.1 Å². The van der Waals surface area contributed by atoms with Crippen LogP contribution in [-0.2, 0) is 23.9 Å². The van der Waals surface area contributed by atoms with E-state index in [1.165, 1.54) is 0 Å². The van der Waals surface area contributed by atoms with E-state index in [1.54, 1.807) is 13.8 Å². The van der Waals surface area contributed by atoms with Crippen LogP contribution in [0.3, 0.4) is 0 Å². The molecule has 0 aromatic carbocycles. The van der Waals surface area contributed by atoms with E-state index in [1.807, 2.05) is 0 Å². The molecule has 98 valence electrons. The zero-order valence-corrected chi connectivity index (χ0v) is 10.1. The molecule has 0 fully saturated rings. The number of hydrogen-bond donors (Lipinski definition) is 1. The second-order valence-corrected chi connectivity index (χ2v) is 3.79. The van der Waals surface area contributed by atoms with Gasteiger partial charge in [0, 0.05) is 12.8 Å². The quantitative estimate of drug-likeness (QED) is 0.507. The molecule has 0 spiro atoms. The molecule has 0 radical (unpaired) electrons. The molecule has 0 unspecified atom stereocenters. The summed E-state index contributed by atoms with van der Waals surface area (Å²) in [4.78, 5) is 32.2. The Kier molecular flexibility index (Phi) is 7.75. The van der Waals surface area contributed by atoms with Crippen molar-refractivity contribution >= 4 is 17.9 Å². The van der Waals surface area contributed by atoms with Crippen LogP contribution < -0.4 is 0 Å². The molecular formula is C11H18O6. The monoisotopic (exact) mass is 246 g/mol. The van der Waals surface area contributed by atoms with E-state index >= 15 is 0 Å². The fourth-order valence-electron chi connectivity index (χ4n) is 0.921. The van der Waals surface area contributed by atoms with Gasteiger partial charge in [0.1, 0.15) is 13.2 Å². The second-order valence-electron chi connectivity index (χ2n) is 3.79. The molecule has 0 aromatic heterocycles. The van der Waals surface area contributed by atoms with Crippen LogP contribution in [0.4, 0.5) is 0 Å². The molecule has 0 bridgehead atoms. The maximum atomic E-state index is 11.0. The van der Waals surface area contributed by atoms with Crippen molar-refractivity contribution in [3.05, 3.63) is 0 Å². The van der Waals surface area contributed by atoms with Crippen molar-refractivity contribution in [1.82, 2.24) is 0 Å². The van der Waals surface area contributed by atoms with Gasteiger partial charge in [0.25, 0.3) is 0 Å². The summed E-state index contributed by atoms with van der Waals surface area (Å²) in [5, 5.41) is 8.34. The third-order valence-electron chi connectivity index (χ3n) is 1.83. The summed E-state index contributed by atoms with van der Waals surface area (Å²) in [7, 11) is 0. The van der Waals surface area contributed by atoms with Gasteiger partial charge >= 0.3 is 17.9 Å². The first kappa shape index (κ1) is 15.4. The summed E-state index contributed by atoms with van der Waals surface area (Å²) in [6.45, 7) is 3.45. The first-order valence-electron chi connectivity index (χ1n) is 5.47. The number of esters is 2. The summed E-state index contributed by atoms with van der Waals surface area (Å²) >= 11 is 0. The second kappa shape index (κ2) is 8.55. The highest BCUT2D eigenvalue weighted by molar-refractivity contribution is 5.72. The lowest BCUT2D eigenvalue weighted by atomic mass is 10.2. The highest BCUT2D eigenvalue weighted by atomic mass is 16.6. The Balaban J connectivity index is 3.45. The molecule has 0 aliphatic rings. The number of carbonyl (C=O) groups is 3. The van der Waals surface area contributed by atoms with Crippen LogP contribution in [0.25, 0.3) is 0 Å². The van der Waals surface area contributed by atoms with E-state index in [0.29, 0.717) is 0 Å². The zero-order chi connectivity index (χ0) is 13.3. The Labute approximate surface area is 99.9 Å². The molecule has 6 heteroatoms. The van der Waals surface area contributed by atoms with Crippen LogP contribution in [0.5, 0.6) is 0 Å². The molecule has 17 heavy (non-hydrogen) atoms. The topological polar surface area (TPSA) is 89.9 Å². The average molecular weight is 246 g/mol. The Morgan fingerprint density at radius 3 is 2.18 bits per heavy atom. The minimum Gasteiger partial charge on any atom is -0.481 e. The van der Waals surface area contributed by atoms with E-state index in [4.69, 9.17) is 14.6 Å². The van der Waals surface area contributed by atoms with E-state index in [-0.39, 0.29) is 44.4 Å². The van der Waals surface area contributed by atoms with Crippen molar-refractivity contribution in [2.75, 3.05) is 13.2 Å². The van der Waals surface area contributed by atoms with Crippen LogP contribution in [-0.4, -0.2) is 36.2 Å². The fourth-order valence-corrected chi connectivity index (χ4v) is 0.921. The lowest BCUT2D eigenvalue weighted by Gasteiger charge is -2.07. The number of carboxylic acid groups (broad SMARTS) is 1. The Bertz CT molecular complexity index is 271. The largest absolute Gasteiger partial charge is 0.481 e. The summed E-state index contributed by atoms with van der Waals surface area (Å²) in [5.41, 5.74) is 0. The van der Waals surface area contributed by atoms with Crippen LogP contribution in [0, 0.1) is 5.92 Å². The molecule has 0 aliphatic carbocycles. The molecular weight excluding hydrogens is 228 g/mol. The lowest BCUT2D eigenvalue weighted by molar-refractivity contribution is -0.154. The van der Waals surface area contributed by atoms with Crippen LogP contribution in [0.2, 0.25) is 0 Å². The van der Waals surface area contributed by atoms with Crippen molar-refractivity contribution in [3.63, 3.8) is 0 Å². The summed E-state index contributed by atoms with van der Waals surface area (Å²) in [6, 6.07) is 0. The van der Waals surface area contributed by atoms with Crippen LogP contribution in [0.15, 0.2) is 0 Å². The Morgan fingerprint density at radius 2 is 1.65 bits per heavy atom. The first-order chi connectivity index (χ1) is 7.93. The molecule has 6 nitrogen and oxygen atoms in total. The summed E-state index contributed by atoms with van der Waals surface area (Å²) < 4.78 is 9.53. The predicted octanol–water partition coefficient (Wildman–Crippen LogP) is 0.984. The third-order valence-corrected chi connectivity index (χ3v) is 1.83. The summed E-state index contributed by atoms with van der Waals surface area (Å²) in [5.74, 6) is -1.97. The smallest absolute Gasteiger partial charge is 0.308 e. The van der Waals surface area contributed by atoms with Crippen molar-refractivity contribution < 1.29 is 29.0 Å². The summed E-state index contributed by atoms with van der Waals surface area (Å²) in [6.07, 6.45) is 0.252. The van der Waals surface area contributed by atoms with Crippen LogP contribution >= 0.6 is 0 Å². The van der Waals surface area contributed by atoms with Gasteiger partial charge in [-0.15, -0.1) is 0 Å². The average Bonchev–Trinajstić information content (AvgIpc) is 2.23. The minimum atomic E-state index is -0.941.